The van der Waals surface area contributed by atoms with Crippen LogP contribution in [0.25, 0.3) is 77.2 Å². The molecular weight excluding hydrogens is 831 g/mol. The minimum atomic E-state index is -0.111. The maximum Gasteiger partial charge on any atom is 0.0546 e. The fourth-order valence-electron chi connectivity index (χ4n) is 10.0. The smallest absolute Gasteiger partial charge is 0.0546 e. The highest BCUT2D eigenvalue weighted by molar-refractivity contribution is 6.10. The van der Waals surface area contributed by atoms with E-state index in [4.69, 9.17) is 0 Å². The van der Waals surface area contributed by atoms with Gasteiger partial charge in [-0.3, -0.25) is 0 Å². The third kappa shape index (κ3) is 8.91. The number of nitrogens with zero attached hydrogens (tertiary/aromatic N) is 1. The van der Waals surface area contributed by atoms with Gasteiger partial charge in [0.1, 0.15) is 0 Å². The number of hydrogen-bond acceptors (Lipinski definition) is 1. The van der Waals surface area contributed by atoms with Crippen LogP contribution in [0.3, 0.4) is 0 Å². The summed E-state index contributed by atoms with van der Waals surface area (Å²) >= 11 is 0. The van der Waals surface area contributed by atoms with Crippen LogP contribution in [0.1, 0.15) is 79.0 Å². The molecule has 0 aliphatic carbocycles. The average Bonchev–Trinajstić information content (AvgIpc) is 3.35. The van der Waals surface area contributed by atoms with E-state index in [1.54, 1.807) is 0 Å². The Labute approximate surface area is 410 Å². The molecule has 10 aromatic carbocycles. The normalized spacial score (nSPS) is 12.1. The van der Waals surface area contributed by atoms with Crippen molar-refractivity contribution in [2.45, 2.75) is 78.6 Å². The van der Waals surface area contributed by atoms with E-state index in [1.165, 1.54) is 71.6 Å². The summed E-state index contributed by atoms with van der Waals surface area (Å²) in [6.45, 7) is 20.9. The van der Waals surface area contributed by atoms with Crippen molar-refractivity contribution in [3.05, 3.63) is 235 Å². The topological polar surface area (TPSA) is 3.24 Å². The van der Waals surface area contributed by atoms with E-state index in [0.29, 0.717) is 0 Å². The van der Waals surface area contributed by atoms with E-state index in [-0.39, 0.29) is 16.2 Å². The van der Waals surface area contributed by atoms with Crippen LogP contribution in [0.2, 0.25) is 0 Å². The van der Waals surface area contributed by atoms with Crippen LogP contribution >= 0.6 is 0 Å². The molecule has 0 aromatic heterocycles. The van der Waals surface area contributed by atoms with Crippen LogP contribution < -0.4 is 4.90 Å². The Kier molecular flexibility index (Phi) is 11.7. The lowest BCUT2D eigenvalue weighted by molar-refractivity contribution is 0.569. The summed E-state index contributed by atoms with van der Waals surface area (Å²) in [6, 6.07) is 81.6. The molecule has 0 aliphatic rings. The van der Waals surface area contributed by atoms with Gasteiger partial charge < -0.3 is 4.90 Å². The predicted molar refractivity (Wildman–Crippen MR) is 299 cm³/mol. The Bertz CT molecular complexity index is 3440. The SMILES string of the molecule is CC(C)(C)c1cc(-c2cccc3cccc(-c4ccccc4N(c4cc(-c5cccc6ccccc56)ccc4-c4ccccc4)c4cc(C(C)(C)C)ccc4-c4ccccc4)c23)cc(C(C)(C)C)c1. The van der Waals surface area contributed by atoms with Crippen molar-refractivity contribution in [2.24, 2.45) is 0 Å². The minimum Gasteiger partial charge on any atom is -0.309 e. The standard InChI is InChI=1S/C68H63N/c1-66(2,3)52-38-40-58(48-25-14-11-15-26-48)64(45-52)69(63-43-50(37-39-57(63)47-23-12-10-13-24-47)56-33-20-28-46-27-16-17-31-55(46)56)62-36-19-18-32-60(62)61-35-22-30-49-29-21-34-59(65(49)61)51-41-53(67(4,5)6)44-54(42-51)68(7,8)9/h10-45H,1-9H3. The van der Waals surface area contributed by atoms with Gasteiger partial charge in [0.05, 0.1) is 17.1 Å². The Morgan fingerprint density at radius 1 is 0.261 bits per heavy atom. The monoisotopic (exact) mass is 893 g/mol. The van der Waals surface area contributed by atoms with E-state index < -0.39 is 0 Å². The van der Waals surface area contributed by atoms with Gasteiger partial charge in [-0.15, -0.1) is 0 Å². The fraction of sp³-hybridized carbons (Fsp3) is 0.176. The Balaban J connectivity index is 1.33. The second kappa shape index (κ2) is 17.9. The van der Waals surface area contributed by atoms with E-state index in [9.17, 15) is 0 Å². The van der Waals surface area contributed by atoms with Crippen molar-refractivity contribution in [1.82, 2.24) is 0 Å². The molecule has 0 spiro atoms. The lowest BCUT2D eigenvalue weighted by Crippen LogP contribution is -2.17. The maximum atomic E-state index is 2.59. The lowest BCUT2D eigenvalue weighted by atomic mass is 9.78. The minimum absolute atomic E-state index is 0.0222. The van der Waals surface area contributed by atoms with E-state index in [0.717, 1.165) is 39.3 Å². The predicted octanol–water partition coefficient (Wildman–Crippen LogP) is 19.7. The summed E-state index contributed by atoms with van der Waals surface area (Å²) in [5.41, 5.74) is 19.0. The first-order valence-electron chi connectivity index (χ1n) is 24.6. The summed E-state index contributed by atoms with van der Waals surface area (Å²) in [6.07, 6.45) is 0. The first-order chi connectivity index (χ1) is 33.1. The molecule has 0 bridgehead atoms. The number of benzene rings is 10. The Hall–Kier alpha value is -7.48. The zero-order valence-corrected chi connectivity index (χ0v) is 41.7. The zero-order valence-electron chi connectivity index (χ0n) is 41.7. The number of fused-ring (bicyclic) bond motifs is 2. The molecule has 0 unspecified atom stereocenters. The van der Waals surface area contributed by atoms with Crippen molar-refractivity contribution in [3.63, 3.8) is 0 Å². The molecule has 0 atom stereocenters. The molecule has 0 radical (unpaired) electrons. The molecule has 0 saturated heterocycles. The van der Waals surface area contributed by atoms with Gasteiger partial charge >= 0.3 is 0 Å². The summed E-state index contributed by atoms with van der Waals surface area (Å²) in [4.78, 5) is 2.59. The average molecular weight is 894 g/mol. The number of para-hydroxylation sites is 1. The van der Waals surface area contributed by atoms with Crippen molar-refractivity contribution in [2.75, 3.05) is 4.90 Å². The lowest BCUT2D eigenvalue weighted by Gasteiger charge is -2.34. The quantitative estimate of drug-likeness (QED) is 0.147. The molecule has 0 fully saturated rings. The molecule has 0 amide bonds. The van der Waals surface area contributed by atoms with Crippen molar-refractivity contribution < 1.29 is 0 Å². The molecule has 69 heavy (non-hydrogen) atoms. The van der Waals surface area contributed by atoms with Crippen LogP contribution in [-0.2, 0) is 16.2 Å². The fourth-order valence-corrected chi connectivity index (χ4v) is 10.0. The first-order valence-corrected chi connectivity index (χ1v) is 24.6. The molecule has 1 nitrogen and oxygen atoms in total. The largest absolute Gasteiger partial charge is 0.309 e. The Morgan fingerprint density at radius 3 is 1.36 bits per heavy atom. The van der Waals surface area contributed by atoms with Crippen LogP contribution in [0.5, 0.6) is 0 Å². The highest BCUT2D eigenvalue weighted by atomic mass is 15.2. The van der Waals surface area contributed by atoms with Crippen molar-refractivity contribution in [1.29, 1.82) is 0 Å². The van der Waals surface area contributed by atoms with Crippen molar-refractivity contribution in [3.8, 4) is 55.6 Å². The number of anilines is 3. The highest BCUT2D eigenvalue weighted by Gasteiger charge is 2.28. The summed E-state index contributed by atoms with van der Waals surface area (Å²) < 4.78 is 0. The summed E-state index contributed by atoms with van der Waals surface area (Å²) in [5.74, 6) is 0. The maximum absolute atomic E-state index is 2.59. The molecule has 0 saturated carbocycles. The van der Waals surface area contributed by atoms with Gasteiger partial charge in [0.2, 0.25) is 0 Å². The number of rotatable bonds is 8. The van der Waals surface area contributed by atoms with Gasteiger partial charge in [0.25, 0.3) is 0 Å². The van der Waals surface area contributed by atoms with Gasteiger partial charge in [-0.1, -0.05) is 263 Å². The molecule has 340 valence electrons. The molecule has 0 heterocycles. The van der Waals surface area contributed by atoms with E-state index in [2.05, 4.69) is 286 Å². The van der Waals surface area contributed by atoms with Gasteiger partial charge in [-0.05, 0) is 112 Å². The van der Waals surface area contributed by atoms with E-state index >= 15 is 0 Å². The Morgan fingerprint density at radius 2 is 0.739 bits per heavy atom. The zero-order chi connectivity index (χ0) is 48.1. The summed E-state index contributed by atoms with van der Waals surface area (Å²) in [7, 11) is 0. The molecule has 0 N–H and O–H groups in total. The van der Waals surface area contributed by atoms with Crippen LogP contribution in [0.15, 0.2) is 218 Å². The molecule has 0 aliphatic heterocycles. The van der Waals surface area contributed by atoms with Gasteiger partial charge in [-0.25, -0.2) is 0 Å². The van der Waals surface area contributed by atoms with Crippen LogP contribution in [0, 0.1) is 0 Å². The van der Waals surface area contributed by atoms with Crippen LogP contribution in [-0.4, -0.2) is 0 Å². The van der Waals surface area contributed by atoms with Gasteiger partial charge in [0, 0.05) is 16.7 Å². The molecule has 10 aromatic rings. The molecule has 1 heteroatoms. The van der Waals surface area contributed by atoms with Gasteiger partial charge in [0.15, 0.2) is 0 Å². The summed E-state index contributed by atoms with van der Waals surface area (Å²) in [5, 5.41) is 4.92. The molecular formula is C68H63N. The number of hydrogen-bond donors (Lipinski definition) is 0. The van der Waals surface area contributed by atoms with Gasteiger partial charge in [-0.2, -0.15) is 0 Å². The molecule has 10 rings (SSSR count). The van der Waals surface area contributed by atoms with E-state index in [1.807, 2.05) is 0 Å². The second-order valence-electron chi connectivity index (χ2n) is 21.8. The second-order valence-corrected chi connectivity index (χ2v) is 21.8. The first kappa shape index (κ1) is 45.3. The van der Waals surface area contributed by atoms with Crippen LogP contribution in [0.4, 0.5) is 17.1 Å². The highest BCUT2D eigenvalue weighted by Crippen LogP contribution is 2.51. The third-order valence-corrected chi connectivity index (χ3v) is 13.9. The third-order valence-electron chi connectivity index (χ3n) is 13.9. The van der Waals surface area contributed by atoms with Crippen molar-refractivity contribution >= 4 is 38.6 Å².